The van der Waals surface area contributed by atoms with Crippen molar-refractivity contribution in [3.63, 3.8) is 0 Å². The molecule has 0 heterocycles. The first kappa shape index (κ1) is 15.9. The van der Waals surface area contributed by atoms with E-state index in [0.717, 1.165) is 0 Å². The quantitative estimate of drug-likeness (QED) is 0.786. The molecule has 0 aliphatic heterocycles. The maximum atomic E-state index is 12.9. The summed E-state index contributed by atoms with van der Waals surface area (Å²) in [5.41, 5.74) is 0.538. The van der Waals surface area contributed by atoms with Gasteiger partial charge in [-0.1, -0.05) is 32.4 Å². The molecule has 1 rings (SSSR count). The molecule has 2 N–H and O–H groups in total. The third-order valence-electron chi connectivity index (χ3n) is 3.05. The number of aliphatic carboxylic acids is 1. The molecule has 0 aliphatic carbocycles. The van der Waals surface area contributed by atoms with Gasteiger partial charge in [0.2, 0.25) is 5.91 Å². The normalized spacial score (nSPS) is 13.9. The van der Waals surface area contributed by atoms with Gasteiger partial charge in [-0.05, 0) is 29.7 Å². The van der Waals surface area contributed by atoms with Crippen LogP contribution >= 0.6 is 0 Å². The lowest BCUT2D eigenvalue weighted by atomic mass is 9.99. The first-order valence-corrected chi connectivity index (χ1v) is 6.41. The molecule has 1 amide bonds. The number of amides is 1. The third-order valence-corrected chi connectivity index (χ3v) is 3.05. The second-order valence-electron chi connectivity index (χ2n) is 4.60. The van der Waals surface area contributed by atoms with Crippen LogP contribution in [0.5, 0.6) is 0 Å². The average Bonchev–Trinajstić information content (AvgIpc) is 2.41. The van der Waals surface area contributed by atoms with E-state index in [1.165, 1.54) is 30.4 Å². The van der Waals surface area contributed by atoms with Crippen molar-refractivity contribution < 1.29 is 19.1 Å². The summed E-state index contributed by atoms with van der Waals surface area (Å²) in [6, 6.07) is 4.85. The lowest BCUT2D eigenvalue weighted by molar-refractivity contribution is -0.142. The number of benzene rings is 1. The van der Waals surface area contributed by atoms with Crippen LogP contribution in [-0.4, -0.2) is 23.0 Å². The van der Waals surface area contributed by atoms with E-state index in [1.807, 2.05) is 6.92 Å². The van der Waals surface area contributed by atoms with Gasteiger partial charge in [0, 0.05) is 6.08 Å². The van der Waals surface area contributed by atoms with Crippen LogP contribution in [0.25, 0.3) is 6.08 Å². The summed E-state index contributed by atoms with van der Waals surface area (Å²) in [6.07, 6.45) is 3.28. The van der Waals surface area contributed by atoms with Crippen LogP contribution in [0.2, 0.25) is 0 Å². The Bertz CT molecular complexity index is 514. The Balaban J connectivity index is 2.68. The Labute approximate surface area is 117 Å². The number of halogens is 1. The second kappa shape index (κ2) is 7.43. The van der Waals surface area contributed by atoms with Crippen molar-refractivity contribution in [1.29, 1.82) is 0 Å². The zero-order valence-corrected chi connectivity index (χ0v) is 11.5. The highest BCUT2D eigenvalue weighted by molar-refractivity contribution is 5.94. The van der Waals surface area contributed by atoms with E-state index in [4.69, 9.17) is 5.11 Å². The van der Waals surface area contributed by atoms with Gasteiger partial charge in [-0.25, -0.2) is 9.18 Å². The number of carbonyl (C=O) groups is 2. The molecule has 0 radical (unpaired) electrons. The van der Waals surface area contributed by atoms with Crippen molar-refractivity contribution in [2.75, 3.05) is 0 Å². The molecule has 5 heteroatoms. The molecule has 1 aromatic carbocycles. The van der Waals surface area contributed by atoms with E-state index >= 15 is 0 Å². The van der Waals surface area contributed by atoms with Crippen molar-refractivity contribution in [2.45, 2.75) is 26.3 Å². The van der Waals surface area contributed by atoms with Crippen LogP contribution in [0.3, 0.4) is 0 Å². The monoisotopic (exact) mass is 279 g/mol. The van der Waals surface area contributed by atoms with E-state index in [2.05, 4.69) is 5.32 Å². The highest BCUT2D eigenvalue weighted by Gasteiger charge is 2.24. The number of carbonyl (C=O) groups excluding carboxylic acids is 1. The summed E-state index contributed by atoms with van der Waals surface area (Å²) in [7, 11) is 0. The van der Waals surface area contributed by atoms with Gasteiger partial charge in [-0.2, -0.15) is 0 Å². The number of hydrogen-bond donors (Lipinski definition) is 2. The van der Waals surface area contributed by atoms with Crippen molar-refractivity contribution in [3.05, 3.63) is 41.7 Å². The van der Waals surface area contributed by atoms with E-state index in [1.54, 1.807) is 13.0 Å². The highest BCUT2D eigenvalue weighted by Crippen LogP contribution is 2.09. The predicted octanol–water partition coefficient (Wildman–Crippen LogP) is 2.45. The topological polar surface area (TPSA) is 66.4 Å². The Kier molecular flexibility index (Phi) is 5.90. The van der Waals surface area contributed by atoms with Crippen LogP contribution in [0.15, 0.2) is 30.3 Å². The Morgan fingerprint density at radius 3 is 2.70 bits per heavy atom. The first-order chi connectivity index (χ1) is 9.43. The minimum Gasteiger partial charge on any atom is -0.480 e. The fourth-order valence-corrected chi connectivity index (χ4v) is 1.67. The lowest BCUT2D eigenvalue weighted by Gasteiger charge is -2.19. The van der Waals surface area contributed by atoms with E-state index in [0.29, 0.717) is 12.0 Å². The van der Waals surface area contributed by atoms with Gasteiger partial charge in [-0.3, -0.25) is 4.79 Å². The van der Waals surface area contributed by atoms with Crippen LogP contribution < -0.4 is 5.32 Å². The molecule has 0 saturated carbocycles. The van der Waals surface area contributed by atoms with Crippen LogP contribution in [0.1, 0.15) is 25.8 Å². The largest absolute Gasteiger partial charge is 0.480 e. The molecule has 2 atom stereocenters. The summed E-state index contributed by atoms with van der Waals surface area (Å²) >= 11 is 0. The zero-order chi connectivity index (χ0) is 15.1. The summed E-state index contributed by atoms with van der Waals surface area (Å²) in [5.74, 6) is -2.14. The van der Waals surface area contributed by atoms with Crippen LogP contribution in [-0.2, 0) is 9.59 Å². The number of rotatable bonds is 6. The maximum Gasteiger partial charge on any atom is 0.326 e. The fourth-order valence-electron chi connectivity index (χ4n) is 1.67. The first-order valence-electron chi connectivity index (χ1n) is 6.41. The smallest absolute Gasteiger partial charge is 0.326 e. The van der Waals surface area contributed by atoms with Crippen molar-refractivity contribution in [1.82, 2.24) is 5.32 Å². The molecule has 0 saturated heterocycles. The number of carboxylic acid groups (broad SMARTS) is 1. The zero-order valence-electron chi connectivity index (χ0n) is 11.5. The van der Waals surface area contributed by atoms with Gasteiger partial charge in [-0.15, -0.1) is 0 Å². The standard InChI is InChI=1S/C15H18FNO3/c1-3-10(2)14(15(19)20)17-13(18)8-7-11-5-4-6-12(16)9-11/h4-10,14H,3H2,1-2H3,(H,17,18)(H,19,20)/t10?,14-/m0/s1. The molecule has 4 nitrogen and oxygen atoms in total. The summed E-state index contributed by atoms with van der Waals surface area (Å²) in [4.78, 5) is 22.7. The number of hydrogen-bond acceptors (Lipinski definition) is 2. The Morgan fingerprint density at radius 1 is 1.45 bits per heavy atom. The lowest BCUT2D eigenvalue weighted by Crippen LogP contribution is -2.44. The van der Waals surface area contributed by atoms with E-state index < -0.39 is 23.7 Å². The second-order valence-corrected chi connectivity index (χ2v) is 4.60. The Hall–Kier alpha value is -2.17. The van der Waals surface area contributed by atoms with Crippen molar-refractivity contribution in [3.8, 4) is 0 Å². The summed E-state index contributed by atoms with van der Waals surface area (Å²) in [5, 5.41) is 11.5. The number of carboxylic acids is 1. The van der Waals surface area contributed by atoms with Gasteiger partial charge in [0.15, 0.2) is 0 Å². The Morgan fingerprint density at radius 2 is 2.15 bits per heavy atom. The molecule has 0 aliphatic rings. The van der Waals surface area contributed by atoms with Gasteiger partial charge < -0.3 is 10.4 Å². The molecule has 0 fully saturated rings. The average molecular weight is 279 g/mol. The van der Waals surface area contributed by atoms with Gasteiger partial charge >= 0.3 is 5.97 Å². The molecule has 0 spiro atoms. The minimum absolute atomic E-state index is 0.168. The summed E-state index contributed by atoms with van der Waals surface area (Å²) < 4.78 is 12.9. The highest BCUT2D eigenvalue weighted by atomic mass is 19.1. The van der Waals surface area contributed by atoms with Crippen LogP contribution in [0.4, 0.5) is 4.39 Å². The molecule has 0 aromatic heterocycles. The van der Waals surface area contributed by atoms with Gasteiger partial charge in [0.25, 0.3) is 0 Å². The van der Waals surface area contributed by atoms with Crippen molar-refractivity contribution >= 4 is 18.0 Å². The van der Waals surface area contributed by atoms with E-state index in [-0.39, 0.29) is 5.92 Å². The number of nitrogens with one attached hydrogen (secondary N) is 1. The van der Waals surface area contributed by atoms with Crippen molar-refractivity contribution in [2.24, 2.45) is 5.92 Å². The fraction of sp³-hybridized carbons (Fsp3) is 0.333. The molecular weight excluding hydrogens is 261 g/mol. The SMILES string of the molecule is CCC(C)[C@H](NC(=O)C=Cc1cccc(F)c1)C(=O)O. The molecule has 108 valence electrons. The molecular formula is C15H18FNO3. The maximum absolute atomic E-state index is 12.9. The minimum atomic E-state index is -1.06. The molecule has 1 unspecified atom stereocenters. The third kappa shape index (κ3) is 4.84. The van der Waals surface area contributed by atoms with E-state index in [9.17, 15) is 14.0 Å². The van der Waals surface area contributed by atoms with Gasteiger partial charge in [0.1, 0.15) is 11.9 Å². The van der Waals surface area contributed by atoms with Crippen LogP contribution in [0, 0.1) is 11.7 Å². The summed E-state index contributed by atoms with van der Waals surface area (Å²) in [6.45, 7) is 3.62. The molecule has 0 bridgehead atoms. The molecule has 20 heavy (non-hydrogen) atoms. The molecule has 1 aromatic rings. The predicted molar refractivity (Wildman–Crippen MR) is 74.5 cm³/mol. The van der Waals surface area contributed by atoms with Gasteiger partial charge in [0.05, 0.1) is 0 Å².